The van der Waals surface area contributed by atoms with Crippen LogP contribution < -0.4 is 15.0 Å². The first-order valence-corrected chi connectivity index (χ1v) is 11.0. The van der Waals surface area contributed by atoms with Gasteiger partial charge in [-0.25, -0.2) is 4.79 Å². The maximum atomic E-state index is 13.2. The molecule has 1 unspecified atom stereocenters. The lowest BCUT2D eigenvalue weighted by Crippen LogP contribution is -2.46. The first-order chi connectivity index (χ1) is 16.5. The van der Waals surface area contributed by atoms with Crippen LogP contribution in [0.25, 0.3) is 17.0 Å². The third kappa shape index (κ3) is 4.02. The molecule has 34 heavy (non-hydrogen) atoms. The van der Waals surface area contributed by atoms with Crippen molar-refractivity contribution in [2.24, 2.45) is 0 Å². The molecule has 0 aliphatic carbocycles. The second kappa shape index (κ2) is 9.03. The summed E-state index contributed by atoms with van der Waals surface area (Å²) in [6, 6.07) is 23.5. The van der Waals surface area contributed by atoms with E-state index >= 15 is 0 Å². The molecule has 3 aromatic carbocycles. The van der Waals surface area contributed by atoms with Gasteiger partial charge >= 0.3 is 6.03 Å². The van der Waals surface area contributed by atoms with Crippen molar-refractivity contribution < 1.29 is 14.1 Å². The molecule has 1 atom stereocenters. The van der Waals surface area contributed by atoms with Crippen LogP contribution in [0.1, 0.15) is 24.4 Å². The van der Waals surface area contributed by atoms with Gasteiger partial charge < -0.3 is 14.6 Å². The Morgan fingerprint density at radius 1 is 1.00 bits per heavy atom. The number of carbonyl (C=O) groups is 1. The lowest BCUT2D eigenvalue weighted by Gasteiger charge is -2.35. The second-order valence-electron chi connectivity index (χ2n) is 7.76. The Bertz CT molecular complexity index is 1350. The summed E-state index contributed by atoms with van der Waals surface area (Å²) in [5, 5.41) is 7.88. The van der Waals surface area contributed by atoms with Crippen LogP contribution in [0.15, 0.2) is 89.1 Å². The summed E-state index contributed by atoms with van der Waals surface area (Å²) in [6.45, 7) is 1.87. The number of hydrogen-bond acceptors (Lipinski definition) is 5. The number of anilines is 1. The molecule has 7 nitrogen and oxygen atoms in total. The van der Waals surface area contributed by atoms with E-state index in [0.29, 0.717) is 33.7 Å². The number of urea groups is 1. The molecule has 1 aliphatic rings. The molecule has 1 N–H and O–H groups in total. The van der Waals surface area contributed by atoms with E-state index in [2.05, 4.69) is 15.5 Å². The van der Waals surface area contributed by atoms with Crippen LogP contribution in [0.3, 0.4) is 0 Å². The van der Waals surface area contributed by atoms with Crippen molar-refractivity contribution in [2.45, 2.75) is 13.0 Å². The lowest BCUT2D eigenvalue weighted by molar-refractivity contribution is 0.244. The summed E-state index contributed by atoms with van der Waals surface area (Å²) in [5.74, 6) is 1.51. The van der Waals surface area contributed by atoms with Gasteiger partial charge in [0, 0.05) is 16.3 Å². The van der Waals surface area contributed by atoms with E-state index < -0.39 is 6.04 Å². The number of nitrogens with zero attached hydrogens (tertiary/aromatic N) is 3. The SMILES string of the molecule is COc1ccc(-c2noc(C3=C(C)N(c4ccc(Cl)cc4)C(=O)NC3c3ccccc3)n2)cc1. The highest BCUT2D eigenvalue weighted by Crippen LogP contribution is 2.39. The molecule has 4 aromatic rings. The zero-order valence-corrected chi connectivity index (χ0v) is 19.3. The van der Waals surface area contributed by atoms with Crippen molar-refractivity contribution in [3.05, 3.63) is 101 Å². The largest absolute Gasteiger partial charge is 0.497 e. The Morgan fingerprint density at radius 2 is 1.71 bits per heavy atom. The molecule has 0 spiro atoms. The molecule has 0 bridgehead atoms. The van der Waals surface area contributed by atoms with Gasteiger partial charge in [-0.2, -0.15) is 4.98 Å². The topological polar surface area (TPSA) is 80.5 Å². The fraction of sp³-hybridized carbons (Fsp3) is 0.115. The van der Waals surface area contributed by atoms with E-state index in [9.17, 15) is 4.79 Å². The molecule has 1 aromatic heterocycles. The molecule has 2 amide bonds. The highest BCUT2D eigenvalue weighted by Gasteiger charge is 2.36. The normalized spacial score (nSPS) is 15.9. The van der Waals surface area contributed by atoms with Gasteiger partial charge in [-0.3, -0.25) is 4.90 Å². The van der Waals surface area contributed by atoms with Crippen molar-refractivity contribution in [2.75, 3.05) is 12.0 Å². The highest BCUT2D eigenvalue weighted by molar-refractivity contribution is 6.30. The summed E-state index contributed by atoms with van der Waals surface area (Å²) >= 11 is 6.06. The zero-order chi connectivity index (χ0) is 23.7. The number of hydrogen-bond donors (Lipinski definition) is 1. The van der Waals surface area contributed by atoms with Crippen LogP contribution in [0.5, 0.6) is 5.75 Å². The first-order valence-electron chi connectivity index (χ1n) is 10.7. The number of allylic oxidation sites excluding steroid dienone is 1. The smallest absolute Gasteiger partial charge is 0.326 e. The Balaban J connectivity index is 1.62. The fourth-order valence-electron chi connectivity index (χ4n) is 4.01. The molecule has 0 saturated carbocycles. The van der Waals surface area contributed by atoms with Crippen molar-refractivity contribution in [1.82, 2.24) is 15.5 Å². The van der Waals surface area contributed by atoms with Gasteiger partial charge in [-0.15, -0.1) is 0 Å². The summed E-state index contributed by atoms with van der Waals surface area (Å²) in [6.07, 6.45) is 0. The van der Waals surface area contributed by atoms with Crippen molar-refractivity contribution >= 4 is 28.9 Å². The van der Waals surface area contributed by atoms with Gasteiger partial charge in [0.2, 0.25) is 5.82 Å². The molecule has 1 aliphatic heterocycles. The average molecular weight is 473 g/mol. The van der Waals surface area contributed by atoms with Gasteiger partial charge in [0.15, 0.2) is 0 Å². The number of aromatic nitrogens is 2. The predicted molar refractivity (Wildman–Crippen MR) is 131 cm³/mol. The number of amides is 2. The minimum absolute atomic E-state index is 0.257. The number of benzene rings is 3. The summed E-state index contributed by atoms with van der Waals surface area (Å²) in [7, 11) is 1.62. The van der Waals surface area contributed by atoms with E-state index in [-0.39, 0.29) is 6.03 Å². The number of halogens is 1. The maximum Gasteiger partial charge on any atom is 0.326 e. The minimum Gasteiger partial charge on any atom is -0.497 e. The lowest BCUT2D eigenvalue weighted by atomic mass is 9.94. The number of carbonyl (C=O) groups excluding carboxylic acids is 1. The van der Waals surface area contributed by atoms with E-state index in [0.717, 1.165) is 16.9 Å². The van der Waals surface area contributed by atoms with Gasteiger partial charge in [0.25, 0.3) is 5.89 Å². The van der Waals surface area contributed by atoms with Crippen LogP contribution >= 0.6 is 11.6 Å². The quantitative estimate of drug-likeness (QED) is 0.379. The molecule has 170 valence electrons. The first kappa shape index (κ1) is 21.7. The van der Waals surface area contributed by atoms with Crippen LogP contribution in [0.2, 0.25) is 5.02 Å². The van der Waals surface area contributed by atoms with Crippen molar-refractivity contribution in [1.29, 1.82) is 0 Å². The third-order valence-corrected chi connectivity index (χ3v) is 5.96. The Labute approximate surface area is 201 Å². The number of methoxy groups -OCH3 is 1. The van der Waals surface area contributed by atoms with Crippen molar-refractivity contribution in [3.8, 4) is 17.1 Å². The van der Waals surface area contributed by atoms with Gasteiger partial charge in [0.1, 0.15) is 5.75 Å². The Morgan fingerprint density at radius 3 is 2.38 bits per heavy atom. The monoisotopic (exact) mass is 472 g/mol. The fourth-order valence-corrected chi connectivity index (χ4v) is 4.13. The van der Waals surface area contributed by atoms with Crippen LogP contribution in [0, 0.1) is 0 Å². The van der Waals surface area contributed by atoms with E-state index in [1.54, 1.807) is 36.3 Å². The molecule has 5 rings (SSSR count). The molecular formula is C26H21ClN4O3. The molecule has 0 fully saturated rings. The Hall–Kier alpha value is -4.10. The van der Waals surface area contributed by atoms with Crippen LogP contribution in [0.4, 0.5) is 10.5 Å². The predicted octanol–water partition coefficient (Wildman–Crippen LogP) is 6.10. The van der Waals surface area contributed by atoms with E-state index in [1.807, 2.05) is 61.5 Å². The van der Waals surface area contributed by atoms with Gasteiger partial charge in [-0.05, 0) is 61.0 Å². The summed E-state index contributed by atoms with van der Waals surface area (Å²) < 4.78 is 11.0. The van der Waals surface area contributed by atoms with E-state index in [1.165, 1.54) is 0 Å². The molecule has 8 heteroatoms. The third-order valence-electron chi connectivity index (χ3n) is 5.71. The summed E-state index contributed by atoms with van der Waals surface area (Å²) in [4.78, 5) is 19.5. The Kier molecular flexibility index (Phi) is 5.77. The average Bonchev–Trinajstić information content (AvgIpc) is 3.35. The van der Waals surface area contributed by atoms with Gasteiger partial charge in [-0.1, -0.05) is 47.1 Å². The van der Waals surface area contributed by atoms with Crippen LogP contribution in [-0.4, -0.2) is 23.3 Å². The van der Waals surface area contributed by atoms with E-state index in [4.69, 9.17) is 20.9 Å². The highest BCUT2D eigenvalue weighted by atomic mass is 35.5. The summed E-state index contributed by atoms with van der Waals surface area (Å²) in [5.41, 5.74) is 3.78. The number of ether oxygens (including phenoxy) is 1. The van der Waals surface area contributed by atoms with Crippen molar-refractivity contribution in [3.63, 3.8) is 0 Å². The molecular weight excluding hydrogens is 452 g/mol. The number of rotatable bonds is 5. The molecule has 0 radical (unpaired) electrons. The standard InChI is InChI=1S/C26H21ClN4O3/c1-16-22(25-29-24(30-34-25)18-8-14-21(33-2)15-9-18)23(17-6-4-3-5-7-17)28-26(32)31(16)20-12-10-19(27)11-13-20/h3-15,23H,1-2H3,(H,28,32). The second-order valence-corrected chi connectivity index (χ2v) is 8.19. The molecule has 0 saturated heterocycles. The maximum absolute atomic E-state index is 13.2. The molecule has 2 heterocycles. The van der Waals surface area contributed by atoms with Crippen LogP contribution in [-0.2, 0) is 0 Å². The minimum atomic E-state index is -0.457. The number of nitrogens with one attached hydrogen (secondary N) is 1. The van der Waals surface area contributed by atoms with Gasteiger partial charge in [0.05, 0.1) is 24.4 Å². The zero-order valence-electron chi connectivity index (χ0n) is 18.5.